The van der Waals surface area contributed by atoms with Crippen molar-refractivity contribution in [1.29, 1.82) is 0 Å². The Balaban J connectivity index is 2.63. The number of carbonyl (C=O) groups is 2. The minimum atomic E-state index is -0.696. The fourth-order valence-corrected chi connectivity index (χ4v) is 1.88. The van der Waals surface area contributed by atoms with Gasteiger partial charge in [0.1, 0.15) is 11.6 Å². The third kappa shape index (κ3) is 6.16. The first kappa shape index (κ1) is 17.5. The number of carbonyl (C=O) groups excluding carboxylic acids is 2. The molecule has 0 heterocycles. The van der Waals surface area contributed by atoms with Gasteiger partial charge in [-0.15, -0.1) is 0 Å². The Morgan fingerprint density at radius 3 is 2.48 bits per heavy atom. The summed E-state index contributed by atoms with van der Waals surface area (Å²) in [5, 5.41) is 5.29. The second kappa shape index (κ2) is 6.93. The molecule has 0 saturated heterocycles. The van der Waals surface area contributed by atoms with Crippen LogP contribution >= 0.6 is 15.9 Å². The molecule has 1 aromatic carbocycles. The summed E-state index contributed by atoms with van der Waals surface area (Å²) in [5.41, 5.74) is 1.05. The van der Waals surface area contributed by atoms with Crippen LogP contribution in [0.15, 0.2) is 22.7 Å². The lowest BCUT2D eigenvalue weighted by Gasteiger charge is -2.21. The second-order valence-corrected chi connectivity index (χ2v) is 6.73. The maximum absolute atomic E-state index is 12.1. The van der Waals surface area contributed by atoms with Gasteiger partial charge in [0.05, 0.1) is 0 Å². The highest BCUT2D eigenvalue weighted by Gasteiger charge is 2.21. The molecule has 0 aliphatic carbocycles. The number of rotatable bonds is 3. The van der Waals surface area contributed by atoms with E-state index in [1.54, 1.807) is 27.7 Å². The van der Waals surface area contributed by atoms with Gasteiger partial charge in [0.2, 0.25) is 5.91 Å². The summed E-state index contributed by atoms with van der Waals surface area (Å²) < 4.78 is 5.99. The third-order valence-corrected chi connectivity index (χ3v) is 3.08. The number of halogens is 1. The fourth-order valence-electron chi connectivity index (χ4n) is 1.52. The lowest BCUT2D eigenvalue weighted by atomic mass is 10.2. The normalized spacial score (nSPS) is 12.5. The van der Waals surface area contributed by atoms with E-state index in [9.17, 15) is 9.59 Å². The highest BCUT2D eigenvalue weighted by molar-refractivity contribution is 9.10. The quantitative estimate of drug-likeness (QED) is 0.869. The molecule has 1 unspecified atom stereocenters. The van der Waals surface area contributed by atoms with Gasteiger partial charge in [0, 0.05) is 10.2 Å². The van der Waals surface area contributed by atoms with Crippen molar-refractivity contribution in [2.24, 2.45) is 0 Å². The summed E-state index contributed by atoms with van der Waals surface area (Å²) >= 11 is 3.36. The molecule has 5 nitrogen and oxygen atoms in total. The van der Waals surface area contributed by atoms with E-state index in [2.05, 4.69) is 26.6 Å². The smallest absolute Gasteiger partial charge is 0.408 e. The molecule has 6 heteroatoms. The third-order valence-electron chi connectivity index (χ3n) is 2.58. The summed E-state index contributed by atoms with van der Waals surface area (Å²) in [6.07, 6.45) is -0.615. The highest BCUT2D eigenvalue weighted by Crippen LogP contribution is 2.20. The molecule has 116 valence electrons. The minimum absolute atomic E-state index is 0.304. The van der Waals surface area contributed by atoms with E-state index in [0.717, 1.165) is 10.0 Å². The summed E-state index contributed by atoms with van der Waals surface area (Å²) in [6, 6.07) is 4.91. The summed E-state index contributed by atoms with van der Waals surface area (Å²) in [7, 11) is 0. The molecule has 1 aromatic rings. The van der Waals surface area contributed by atoms with Crippen LogP contribution < -0.4 is 10.6 Å². The zero-order valence-electron chi connectivity index (χ0n) is 12.9. The predicted molar refractivity (Wildman–Crippen MR) is 86.3 cm³/mol. The van der Waals surface area contributed by atoms with Crippen molar-refractivity contribution in [2.75, 3.05) is 5.32 Å². The first-order valence-corrected chi connectivity index (χ1v) is 7.44. The van der Waals surface area contributed by atoms with Crippen molar-refractivity contribution in [3.05, 3.63) is 28.2 Å². The van der Waals surface area contributed by atoms with Gasteiger partial charge in [-0.1, -0.05) is 22.0 Å². The van der Waals surface area contributed by atoms with Gasteiger partial charge in [0.25, 0.3) is 0 Å². The molecular weight excluding hydrogens is 336 g/mol. The standard InChI is InChI=1S/C15H21BrN2O3/c1-9-6-7-11(16)8-12(9)18-13(19)10(2)17-14(20)21-15(3,4)5/h6-8,10H,1-5H3,(H,17,20)(H,18,19). The second-order valence-electron chi connectivity index (χ2n) is 5.82. The molecule has 0 radical (unpaired) electrons. The average Bonchev–Trinajstić information content (AvgIpc) is 2.31. The Hall–Kier alpha value is -1.56. The molecule has 0 aliphatic rings. The van der Waals surface area contributed by atoms with Crippen LogP contribution in [0.3, 0.4) is 0 Å². The lowest BCUT2D eigenvalue weighted by Crippen LogP contribution is -2.44. The van der Waals surface area contributed by atoms with Crippen LogP contribution in [0, 0.1) is 6.92 Å². The molecule has 2 amide bonds. The number of anilines is 1. The van der Waals surface area contributed by atoms with Crippen molar-refractivity contribution in [2.45, 2.75) is 46.3 Å². The van der Waals surface area contributed by atoms with Crippen LogP contribution in [-0.4, -0.2) is 23.6 Å². The number of hydrogen-bond acceptors (Lipinski definition) is 3. The predicted octanol–water partition coefficient (Wildman–Crippen LogP) is 3.61. The Labute approximate surface area is 133 Å². The van der Waals surface area contributed by atoms with Gasteiger partial charge >= 0.3 is 6.09 Å². The van der Waals surface area contributed by atoms with Crippen LogP contribution in [0.4, 0.5) is 10.5 Å². The van der Waals surface area contributed by atoms with E-state index < -0.39 is 17.7 Å². The Bertz CT molecular complexity index is 538. The molecule has 0 spiro atoms. The number of nitrogens with one attached hydrogen (secondary N) is 2. The first-order chi connectivity index (χ1) is 9.58. The largest absolute Gasteiger partial charge is 0.444 e. The number of amides is 2. The van der Waals surface area contributed by atoms with Crippen LogP contribution in [0.1, 0.15) is 33.3 Å². The maximum atomic E-state index is 12.1. The monoisotopic (exact) mass is 356 g/mol. The van der Waals surface area contributed by atoms with E-state index in [-0.39, 0.29) is 5.91 Å². The Morgan fingerprint density at radius 1 is 1.29 bits per heavy atom. The van der Waals surface area contributed by atoms with Gasteiger partial charge in [-0.3, -0.25) is 4.79 Å². The number of benzene rings is 1. The minimum Gasteiger partial charge on any atom is -0.444 e. The molecule has 1 atom stereocenters. The average molecular weight is 357 g/mol. The van der Waals surface area contributed by atoms with E-state index in [4.69, 9.17) is 4.74 Å². The number of hydrogen-bond donors (Lipinski definition) is 2. The Morgan fingerprint density at radius 2 is 1.90 bits per heavy atom. The molecule has 21 heavy (non-hydrogen) atoms. The molecule has 0 aliphatic heterocycles. The van der Waals surface area contributed by atoms with Crippen molar-refractivity contribution in [3.63, 3.8) is 0 Å². The number of alkyl carbamates (subject to hydrolysis) is 1. The molecule has 1 rings (SSSR count). The van der Waals surface area contributed by atoms with Gasteiger partial charge < -0.3 is 15.4 Å². The summed E-state index contributed by atoms with van der Waals surface area (Å²) in [4.78, 5) is 23.7. The first-order valence-electron chi connectivity index (χ1n) is 6.65. The number of aryl methyl sites for hydroxylation is 1. The lowest BCUT2D eigenvalue weighted by molar-refractivity contribution is -0.117. The van der Waals surface area contributed by atoms with E-state index >= 15 is 0 Å². The summed E-state index contributed by atoms with van der Waals surface area (Å²) in [6.45, 7) is 8.80. The van der Waals surface area contributed by atoms with E-state index in [1.807, 2.05) is 25.1 Å². The van der Waals surface area contributed by atoms with Crippen molar-refractivity contribution >= 4 is 33.6 Å². The van der Waals surface area contributed by atoms with Crippen LogP contribution in [0.2, 0.25) is 0 Å². The van der Waals surface area contributed by atoms with Gasteiger partial charge in [-0.2, -0.15) is 0 Å². The molecule has 0 aromatic heterocycles. The highest BCUT2D eigenvalue weighted by atomic mass is 79.9. The van der Waals surface area contributed by atoms with Crippen LogP contribution in [0.5, 0.6) is 0 Å². The van der Waals surface area contributed by atoms with E-state index in [0.29, 0.717) is 5.69 Å². The topological polar surface area (TPSA) is 67.4 Å². The molecule has 0 saturated carbocycles. The van der Waals surface area contributed by atoms with E-state index in [1.165, 1.54) is 0 Å². The Kier molecular flexibility index (Phi) is 5.78. The zero-order chi connectivity index (χ0) is 16.2. The molecule has 0 bridgehead atoms. The summed E-state index contributed by atoms with van der Waals surface area (Å²) in [5.74, 6) is -0.304. The molecular formula is C15H21BrN2O3. The molecule has 2 N–H and O–H groups in total. The maximum Gasteiger partial charge on any atom is 0.408 e. The van der Waals surface area contributed by atoms with Crippen LogP contribution in [-0.2, 0) is 9.53 Å². The van der Waals surface area contributed by atoms with Gasteiger partial charge in [-0.25, -0.2) is 4.79 Å². The SMILES string of the molecule is Cc1ccc(Br)cc1NC(=O)C(C)NC(=O)OC(C)(C)C. The fraction of sp³-hybridized carbons (Fsp3) is 0.467. The van der Waals surface area contributed by atoms with Gasteiger partial charge in [-0.05, 0) is 52.3 Å². The molecule has 0 fully saturated rings. The zero-order valence-corrected chi connectivity index (χ0v) is 14.5. The van der Waals surface area contributed by atoms with Gasteiger partial charge in [0.15, 0.2) is 0 Å². The van der Waals surface area contributed by atoms with Crippen molar-refractivity contribution in [1.82, 2.24) is 5.32 Å². The van der Waals surface area contributed by atoms with Crippen molar-refractivity contribution < 1.29 is 14.3 Å². The number of ether oxygens (including phenoxy) is 1. The van der Waals surface area contributed by atoms with Crippen molar-refractivity contribution in [3.8, 4) is 0 Å². The van der Waals surface area contributed by atoms with Crippen LogP contribution in [0.25, 0.3) is 0 Å².